The van der Waals surface area contributed by atoms with Crippen LogP contribution in [0.15, 0.2) is 24.3 Å². The van der Waals surface area contributed by atoms with Gasteiger partial charge in [-0.3, -0.25) is 0 Å². The third-order valence-electron chi connectivity index (χ3n) is 2.86. The Balaban J connectivity index is 2.75. The number of carbonyl (C=O) groups excluding carboxylic acids is 1. The standard InChI is InChI=1S/C16H19BrClF2NO5/c1-15(2,3)26-14(24)21-11(12(22)23)8-9-4-6-10(7-5-9)25-16(19,20)13(17)18/h4-7,11,13H,8H2,1-3H3,(H,21,24)(H,22,23)/t11-,13?/m0/s1. The van der Waals surface area contributed by atoms with Gasteiger partial charge in [-0.15, -0.1) is 0 Å². The highest BCUT2D eigenvalue weighted by Crippen LogP contribution is 2.31. The molecule has 1 aromatic carbocycles. The molecule has 1 rings (SSSR count). The monoisotopic (exact) mass is 457 g/mol. The second-order valence-electron chi connectivity index (χ2n) is 6.35. The summed E-state index contributed by atoms with van der Waals surface area (Å²) >= 11 is 7.81. The fourth-order valence-electron chi connectivity index (χ4n) is 1.78. The van der Waals surface area contributed by atoms with Gasteiger partial charge in [0, 0.05) is 6.42 Å². The maximum absolute atomic E-state index is 13.4. The van der Waals surface area contributed by atoms with Crippen LogP contribution < -0.4 is 10.1 Å². The van der Waals surface area contributed by atoms with E-state index >= 15 is 0 Å². The van der Waals surface area contributed by atoms with Crippen molar-refractivity contribution in [3.05, 3.63) is 29.8 Å². The maximum atomic E-state index is 13.4. The quantitative estimate of drug-likeness (QED) is 0.600. The van der Waals surface area contributed by atoms with Crippen LogP contribution in [0.2, 0.25) is 0 Å². The van der Waals surface area contributed by atoms with Gasteiger partial charge in [0.05, 0.1) is 0 Å². The third-order valence-corrected chi connectivity index (χ3v) is 3.65. The van der Waals surface area contributed by atoms with Gasteiger partial charge in [-0.05, 0) is 38.5 Å². The van der Waals surface area contributed by atoms with E-state index in [9.17, 15) is 23.5 Å². The molecule has 26 heavy (non-hydrogen) atoms. The van der Waals surface area contributed by atoms with Gasteiger partial charge in [0.1, 0.15) is 17.4 Å². The van der Waals surface area contributed by atoms with Crippen LogP contribution in [-0.2, 0) is 16.0 Å². The summed E-state index contributed by atoms with van der Waals surface area (Å²) in [7, 11) is 0. The number of rotatable bonds is 7. The number of amides is 1. The number of carbonyl (C=O) groups is 2. The number of alkyl carbamates (subject to hydrolysis) is 1. The first-order valence-electron chi connectivity index (χ1n) is 7.46. The van der Waals surface area contributed by atoms with E-state index in [1.54, 1.807) is 20.8 Å². The highest BCUT2D eigenvalue weighted by atomic mass is 79.9. The Labute approximate surface area is 162 Å². The largest absolute Gasteiger partial charge is 0.480 e. The number of carboxylic acid groups (broad SMARTS) is 1. The van der Waals surface area contributed by atoms with Crippen molar-refractivity contribution < 1.29 is 33.0 Å². The van der Waals surface area contributed by atoms with Gasteiger partial charge >= 0.3 is 18.2 Å². The Bertz CT molecular complexity index is 635. The molecule has 0 saturated heterocycles. The molecule has 2 atom stereocenters. The number of ether oxygens (including phenoxy) is 2. The van der Waals surface area contributed by atoms with Crippen molar-refractivity contribution >= 4 is 39.6 Å². The van der Waals surface area contributed by atoms with Crippen molar-refractivity contribution in [3.63, 3.8) is 0 Å². The summed E-state index contributed by atoms with van der Waals surface area (Å²) in [5.41, 5.74) is -0.280. The lowest BCUT2D eigenvalue weighted by atomic mass is 10.1. The zero-order valence-electron chi connectivity index (χ0n) is 14.3. The van der Waals surface area contributed by atoms with Crippen LogP contribution in [0.3, 0.4) is 0 Å². The second-order valence-corrected chi connectivity index (χ2v) is 8.23. The van der Waals surface area contributed by atoms with Gasteiger partial charge in [-0.2, -0.15) is 8.78 Å². The topological polar surface area (TPSA) is 84.9 Å². The molecule has 0 saturated carbocycles. The minimum Gasteiger partial charge on any atom is -0.480 e. The number of alkyl halides is 4. The predicted octanol–water partition coefficient (Wildman–Crippen LogP) is 4.14. The van der Waals surface area contributed by atoms with Crippen molar-refractivity contribution in [1.82, 2.24) is 5.32 Å². The molecule has 0 aliphatic rings. The normalized spacial score (nSPS) is 14.3. The van der Waals surface area contributed by atoms with Crippen LogP contribution in [0.4, 0.5) is 13.6 Å². The summed E-state index contributed by atoms with van der Waals surface area (Å²) in [6, 6.07) is 4.09. The summed E-state index contributed by atoms with van der Waals surface area (Å²) < 4.78 is 34.6. The second kappa shape index (κ2) is 8.85. The molecule has 0 bridgehead atoms. The molecular formula is C16H19BrClF2NO5. The lowest BCUT2D eigenvalue weighted by Crippen LogP contribution is -2.44. The number of nitrogens with one attached hydrogen (secondary N) is 1. The van der Waals surface area contributed by atoms with Gasteiger partial charge in [-0.25, -0.2) is 9.59 Å². The Morgan fingerprint density at radius 3 is 2.23 bits per heavy atom. The summed E-state index contributed by atoms with van der Waals surface area (Å²) in [5, 5.41) is 11.5. The molecule has 0 heterocycles. The maximum Gasteiger partial charge on any atom is 0.424 e. The Morgan fingerprint density at radius 1 is 1.27 bits per heavy atom. The van der Waals surface area contributed by atoms with Gasteiger partial charge in [-0.1, -0.05) is 39.7 Å². The summed E-state index contributed by atoms with van der Waals surface area (Å²) in [6.07, 6.45) is -4.55. The Hall–Kier alpha value is -1.61. The molecule has 1 aromatic rings. The highest BCUT2D eigenvalue weighted by Gasteiger charge is 2.39. The van der Waals surface area contributed by atoms with Gasteiger partial charge in [0.2, 0.25) is 0 Å². The first-order chi connectivity index (χ1) is 11.8. The Morgan fingerprint density at radius 2 is 1.81 bits per heavy atom. The minimum atomic E-state index is -3.62. The van der Waals surface area contributed by atoms with E-state index in [0.717, 1.165) is 0 Å². The zero-order chi connectivity index (χ0) is 20.1. The van der Waals surface area contributed by atoms with Crippen molar-refractivity contribution in [2.45, 2.75) is 49.2 Å². The van der Waals surface area contributed by atoms with Crippen molar-refractivity contribution in [2.24, 2.45) is 0 Å². The predicted molar refractivity (Wildman–Crippen MR) is 95.1 cm³/mol. The molecule has 1 amide bonds. The third kappa shape index (κ3) is 7.74. The van der Waals surface area contributed by atoms with E-state index in [2.05, 4.69) is 26.0 Å². The van der Waals surface area contributed by atoms with Gasteiger partial charge < -0.3 is 19.9 Å². The molecule has 0 spiro atoms. The van der Waals surface area contributed by atoms with Crippen LogP contribution in [0, 0.1) is 0 Å². The summed E-state index contributed by atoms with van der Waals surface area (Å²) in [6.45, 7) is 4.94. The molecule has 10 heteroatoms. The fourth-order valence-corrected chi connectivity index (χ4v) is 1.92. The van der Waals surface area contributed by atoms with Crippen molar-refractivity contribution in [2.75, 3.05) is 0 Å². The smallest absolute Gasteiger partial charge is 0.424 e. The highest BCUT2D eigenvalue weighted by molar-refractivity contribution is 9.10. The number of halogens is 4. The van der Waals surface area contributed by atoms with Crippen molar-refractivity contribution in [3.8, 4) is 5.75 Å². The Kier molecular flexibility index (Phi) is 7.64. The van der Waals surface area contributed by atoms with Crippen molar-refractivity contribution in [1.29, 1.82) is 0 Å². The molecule has 0 aliphatic carbocycles. The molecule has 0 aliphatic heterocycles. The molecule has 0 radical (unpaired) electrons. The van der Waals surface area contributed by atoms with E-state index in [-0.39, 0.29) is 12.2 Å². The minimum absolute atomic E-state index is 0.0676. The summed E-state index contributed by atoms with van der Waals surface area (Å²) in [5.74, 6) is -1.40. The van der Waals surface area contributed by atoms with Crippen LogP contribution in [-0.4, -0.2) is 39.2 Å². The van der Waals surface area contributed by atoms with Crippen LogP contribution in [0.5, 0.6) is 5.75 Å². The molecule has 0 aromatic heterocycles. The zero-order valence-corrected chi connectivity index (χ0v) is 16.6. The van der Waals surface area contributed by atoms with Crippen LogP contribution >= 0.6 is 27.5 Å². The van der Waals surface area contributed by atoms with Crippen LogP contribution in [0.1, 0.15) is 26.3 Å². The number of aliphatic carboxylic acids is 1. The first-order valence-corrected chi connectivity index (χ1v) is 8.81. The summed E-state index contributed by atoms with van der Waals surface area (Å²) in [4.78, 5) is 23.0. The molecule has 146 valence electrons. The average molecular weight is 459 g/mol. The van der Waals surface area contributed by atoms with E-state index in [4.69, 9.17) is 16.3 Å². The van der Waals surface area contributed by atoms with E-state index in [1.807, 2.05) is 0 Å². The van der Waals surface area contributed by atoms with E-state index < -0.39 is 34.1 Å². The molecule has 6 nitrogen and oxygen atoms in total. The molecular weight excluding hydrogens is 440 g/mol. The first kappa shape index (κ1) is 22.4. The molecule has 0 fully saturated rings. The SMILES string of the molecule is CC(C)(C)OC(=O)N[C@@H](Cc1ccc(OC(F)(F)C(Cl)Br)cc1)C(=O)O. The lowest BCUT2D eigenvalue weighted by Gasteiger charge is -2.22. The van der Waals surface area contributed by atoms with Gasteiger partial charge in [0.25, 0.3) is 0 Å². The number of hydrogen-bond donors (Lipinski definition) is 2. The number of carboxylic acids is 1. The molecule has 2 N–H and O–H groups in total. The number of hydrogen-bond acceptors (Lipinski definition) is 4. The fraction of sp³-hybridized carbons (Fsp3) is 0.500. The molecule has 1 unspecified atom stereocenters. The van der Waals surface area contributed by atoms with E-state index in [1.165, 1.54) is 24.3 Å². The average Bonchev–Trinajstić information content (AvgIpc) is 2.46. The number of benzene rings is 1. The van der Waals surface area contributed by atoms with Gasteiger partial charge in [0.15, 0.2) is 4.29 Å². The van der Waals surface area contributed by atoms with E-state index in [0.29, 0.717) is 5.56 Å². The lowest BCUT2D eigenvalue weighted by molar-refractivity contribution is -0.161. The van der Waals surface area contributed by atoms with Crippen LogP contribution in [0.25, 0.3) is 0 Å².